The average Bonchev–Trinajstić information content (AvgIpc) is 2.65. The molecule has 0 saturated heterocycles. The molecule has 5 heteroatoms. The van der Waals surface area contributed by atoms with Gasteiger partial charge in [0.05, 0.1) is 7.11 Å². The standard InChI is InChI=1S/C9H9N3O2/c1-6-11-9(14-12-6)8-5-7(13-2)3-4-10-8/h3-5H,1-2H3. The van der Waals surface area contributed by atoms with Gasteiger partial charge in [-0.1, -0.05) is 5.16 Å². The number of rotatable bonds is 2. The predicted molar refractivity (Wildman–Crippen MR) is 48.8 cm³/mol. The van der Waals surface area contributed by atoms with Crippen LogP contribution in [0.15, 0.2) is 22.9 Å². The first kappa shape index (κ1) is 8.68. The summed E-state index contributed by atoms with van der Waals surface area (Å²) in [6.07, 6.45) is 1.63. The summed E-state index contributed by atoms with van der Waals surface area (Å²) in [5.41, 5.74) is 0.616. The lowest BCUT2D eigenvalue weighted by molar-refractivity contribution is 0.411. The first-order chi connectivity index (χ1) is 6.79. The van der Waals surface area contributed by atoms with Crippen molar-refractivity contribution in [3.8, 4) is 17.3 Å². The normalized spacial score (nSPS) is 10.1. The number of hydrogen-bond donors (Lipinski definition) is 0. The number of pyridine rings is 1. The number of aryl methyl sites for hydroxylation is 1. The van der Waals surface area contributed by atoms with Crippen LogP contribution in [0.5, 0.6) is 5.75 Å². The van der Waals surface area contributed by atoms with Crippen molar-refractivity contribution in [3.05, 3.63) is 24.2 Å². The lowest BCUT2D eigenvalue weighted by Crippen LogP contribution is -1.87. The number of hydrogen-bond acceptors (Lipinski definition) is 5. The molecular formula is C9H9N3O2. The van der Waals surface area contributed by atoms with Crippen molar-refractivity contribution in [3.63, 3.8) is 0 Å². The van der Waals surface area contributed by atoms with Gasteiger partial charge in [-0.2, -0.15) is 4.98 Å². The molecule has 2 aromatic heterocycles. The van der Waals surface area contributed by atoms with Gasteiger partial charge in [0.15, 0.2) is 5.82 Å². The zero-order valence-electron chi connectivity index (χ0n) is 7.89. The van der Waals surface area contributed by atoms with E-state index in [0.29, 0.717) is 23.2 Å². The molecule has 0 spiro atoms. The highest BCUT2D eigenvalue weighted by Gasteiger charge is 2.07. The average molecular weight is 191 g/mol. The Morgan fingerprint density at radius 2 is 2.29 bits per heavy atom. The number of aromatic nitrogens is 3. The quantitative estimate of drug-likeness (QED) is 0.718. The Kier molecular flexibility index (Phi) is 2.14. The van der Waals surface area contributed by atoms with Crippen LogP contribution in [-0.4, -0.2) is 22.2 Å². The second-order valence-electron chi connectivity index (χ2n) is 2.73. The largest absolute Gasteiger partial charge is 0.497 e. The molecule has 2 aromatic rings. The SMILES string of the molecule is COc1ccnc(-c2nc(C)no2)c1. The van der Waals surface area contributed by atoms with Crippen LogP contribution in [0.25, 0.3) is 11.6 Å². The van der Waals surface area contributed by atoms with Gasteiger partial charge in [-0.25, -0.2) is 0 Å². The molecule has 2 heterocycles. The van der Waals surface area contributed by atoms with Crippen LogP contribution in [0, 0.1) is 6.92 Å². The third-order valence-electron chi connectivity index (χ3n) is 1.71. The molecule has 0 aliphatic rings. The Morgan fingerprint density at radius 3 is 2.93 bits per heavy atom. The van der Waals surface area contributed by atoms with E-state index in [1.54, 1.807) is 32.4 Å². The van der Waals surface area contributed by atoms with Crippen LogP contribution < -0.4 is 4.74 Å². The highest BCUT2D eigenvalue weighted by Crippen LogP contribution is 2.18. The van der Waals surface area contributed by atoms with Crippen LogP contribution in [-0.2, 0) is 0 Å². The van der Waals surface area contributed by atoms with Crippen molar-refractivity contribution in [2.24, 2.45) is 0 Å². The molecule has 0 aliphatic heterocycles. The Morgan fingerprint density at radius 1 is 1.43 bits per heavy atom. The molecule has 5 nitrogen and oxygen atoms in total. The van der Waals surface area contributed by atoms with E-state index in [1.165, 1.54) is 0 Å². The summed E-state index contributed by atoms with van der Waals surface area (Å²) < 4.78 is 10.0. The van der Waals surface area contributed by atoms with Gasteiger partial charge in [0.25, 0.3) is 5.89 Å². The number of methoxy groups -OCH3 is 1. The van der Waals surface area contributed by atoms with Crippen LogP contribution in [0.3, 0.4) is 0 Å². The van der Waals surface area contributed by atoms with E-state index in [1.807, 2.05) is 0 Å². The highest BCUT2D eigenvalue weighted by atomic mass is 16.5. The fraction of sp³-hybridized carbons (Fsp3) is 0.222. The van der Waals surface area contributed by atoms with E-state index in [4.69, 9.17) is 9.26 Å². The van der Waals surface area contributed by atoms with E-state index in [-0.39, 0.29) is 0 Å². The molecular weight excluding hydrogens is 182 g/mol. The molecule has 72 valence electrons. The van der Waals surface area contributed by atoms with E-state index in [0.717, 1.165) is 0 Å². The molecule has 0 bridgehead atoms. The Balaban J connectivity index is 2.41. The molecule has 14 heavy (non-hydrogen) atoms. The Labute approximate surface area is 80.7 Å². The summed E-state index contributed by atoms with van der Waals surface area (Å²) in [5.74, 6) is 1.71. The summed E-state index contributed by atoms with van der Waals surface area (Å²) in [6, 6.07) is 3.50. The monoisotopic (exact) mass is 191 g/mol. The zero-order valence-corrected chi connectivity index (χ0v) is 7.89. The molecule has 0 N–H and O–H groups in total. The lowest BCUT2D eigenvalue weighted by Gasteiger charge is -1.98. The second kappa shape index (κ2) is 3.45. The van der Waals surface area contributed by atoms with Crippen LogP contribution in [0.4, 0.5) is 0 Å². The molecule has 0 fully saturated rings. The zero-order chi connectivity index (χ0) is 9.97. The summed E-state index contributed by atoms with van der Waals surface area (Å²) in [4.78, 5) is 8.16. The van der Waals surface area contributed by atoms with Crippen molar-refractivity contribution in [1.29, 1.82) is 0 Å². The van der Waals surface area contributed by atoms with Crippen molar-refractivity contribution in [2.75, 3.05) is 7.11 Å². The second-order valence-corrected chi connectivity index (χ2v) is 2.73. The highest BCUT2D eigenvalue weighted by molar-refractivity contribution is 5.49. The Hall–Kier alpha value is -1.91. The van der Waals surface area contributed by atoms with Gasteiger partial charge in [-0.05, 0) is 13.0 Å². The Bertz CT molecular complexity index is 439. The maximum Gasteiger partial charge on any atom is 0.276 e. The van der Waals surface area contributed by atoms with Gasteiger partial charge >= 0.3 is 0 Å². The van der Waals surface area contributed by atoms with Gasteiger partial charge < -0.3 is 9.26 Å². The minimum absolute atomic E-state index is 0.404. The molecule has 0 aromatic carbocycles. The first-order valence-electron chi connectivity index (χ1n) is 4.10. The first-order valence-corrected chi connectivity index (χ1v) is 4.10. The van der Waals surface area contributed by atoms with Crippen molar-refractivity contribution in [1.82, 2.24) is 15.1 Å². The van der Waals surface area contributed by atoms with Gasteiger partial charge in [0.1, 0.15) is 11.4 Å². The van der Waals surface area contributed by atoms with Crippen LogP contribution in [0.1, 0.15) is 5.82 Å². The number of ether oxygens (including phenoxy) is 1. The van der Waals surface area contributed by atoms with Crippen molar-refractivity contribution >= 4 is 0 Å². The topological polar surface area (TPSA) is 61.0 Å². The van der Waals surface area contributed by atoms with Crippen LogP contribution in [0.2, 0.25) is 0 Å². The van der Waals surface area contributed by atoms with Gasteiger partial charge in [-0.3, -0.25) is 4.98 Å². The summed E-state index contributed by atoms with van der Waals surface area (Å²) >= 11 is 0. The minimum Gasteiger partial charge on any atom is -0.497 e. The summed E-state index contributed by atoms with van der Waals surface area (Å²) in [6.45, 7) is 1.76. The van der Waals surface area contributed by atoms with Crippen molar-refractivity contribution < 1.29 is 9.26 Å². The minimum atomic E-state index is 0.404. The van der Waals surface area contributed by atoms with Crippen molar-refractivity contribution in [2.45, 2.75) is 6.92 Å². The van der Waals surface area contributed by atoms with Gasteiger partial charge in [-0.15, -0.1) is 0 Å². The molecule has 0 atom stereocenters. The molecule has 2 rings (SSSR count). The van der Waals surface area contributed by atoms with E-state index < -0.39 is 0 Å². The third kappa shape index (κ3) is 1.56. The summed E-state index contributed by atoms with van der Waals surface area (Å²) in [5, 5.41) is 3.68. The molecule has 0 unspecified atom stereocenters. The molecule has 0 aliphatic carbocycles. The molecule has 0 saturated carbocycles. The maximum absolute atomic E-state index is 5.05. The number of nitrogens with zero attached hydrogens (tertiary/aromatic N) is 3. The fourth-order valence-electron chi connectivity index (χ4n) is 1.06. The smallest absolute Gasteiger partial charge is 0.276 e. The predicted octanol–water partition coefficient (Wildman–Crippen LogP) is 1.45. The maximum atomic E-state index is 5.05. The third-order valence-corrected chi connectivity index (χ3v) is 1.71. The summed E-state index contributed by atoms with van der Waals surface area (Å²) in [7, 11) is 1.60. The van der Waals surface area contributed by atoms with E-state index >= 15 is 0 Å². The van der Waals surface area contributed by atoms with E-state index in [2.05, 4.69) is 15.1 Å². The van der Waals surface area contributed by atoms with Gasteiger partial charge in [0, 0.05) is 12.3 Å². The fourth-order valence-corrected chi connectivity index (χ4v) is 1.06. The molecule has 0 radical (unpaired) electrons. The van der Waals surface area contributed by atoms with E-state index in [9.17, 15) is 0 Å². The van der Waals surface area contributed by atoms with Crippen LogP contribution >= 0.6 is 0 Å². The lowest BCUT2D eigenvalue weighted by atomic mass is 10.3. The van der Waals surface area contributed by atoms with Gasteiger partial charge in [0.2, 0.25) is 0 Å². The molecule has 0 amide bonds.